The van der Waals surface area contributed by atoms with Gasteiger partial charge in [0.2, 0.25) is 0 Å². The van der Waals surface area contributed by atoms with Gasteiger partial charge in [-0.05, 0) is 85.0 Å². The summed E-state index contributed by atoms with van der Waals surface area (Å²) in [6.07, 6.45) is 2.64. The zero-order chi connectivity index (χ0) is 24.8. The van der Waals surface area contributed by atoms with Crippen molar-refractivity contribution in [1.82, 2.24) is 10.6 Å². The fourth-order valence-corrected chi connectivity index (χ4v) is 4.40. The number of amides is 2. The molecule has 1 saturated carbocycles. The van der Waals surface area contributed by atoms with Crippen LogP contribution >= 0.6 is 11.6 Å². The summed E-state index contributed by atoms with van der Waals surface area (Å²) in [5.74, 6) is -0.827. The van der Waals surface area contributed by atoms with E-state index < -0.39 is 5.97 Å². The Kier molecular flexibility index (Phi) is 7.87. The summed E-state index contributed by atoms with van der Waals surface area (Å²) >= 11 is 6.03. The lowest BCUT2D eigenvalue weighted by Gasteiger charge is -2.26. The van der Waals surface area contributed by atoms with Crippen LogP contribution in [0.2, 0.25) is 5.02 Å². The number of benzene rings is 3. The smallest absolute Gasteiger partial charge is 0.306 e. The van der Waals surface area contributed by atoms with Gasteiger partial charge in [0.05, 0.1) is 12.0 Å². The fraction of sp³-hybridized carbons (Fsp3) is 0.296. The van der Waals surface area contributed by atoms with Gasteiger partial charge in [0.25, 0.3) is 11.8 Å². The average Bonchev–Trinajstić information content (AvgIpc) is 2.86. The molecule has 0 aliphatic heterocycles. The lowest BCUT2D eigenvalue weighted by atomic mass is 9.87. The largest absolute Gasteiger partial charge is 0.490 e. The van der Waals surface area contributed by atoms with Gasteiger partial charge < -0.3 is 20.5 Å². The molecular formula is C27H27ClN2O5. The maximum absolute atomic E-state index is 12.4. The molecule has 0 unspecified atom stereocenters. The average molecular weight is 495 g/mol. The third-order valence-electron chi connectivity index (χ3n) is 6.20. The van der Waals surface area contributed by atoms with Crippen molar-refractivity contribution in [2.45, 2.75) is 31.8 Å². The van der Waals surface area contributed by atoms with E-state index >= 15 is 0 Å². The van der Waals surface area contributed by atoms with Crippen molar-refractivity contribution in [1.29, 1.82) is 0 Å². The summed E-state index contributed by atoms with van der Waals surface area (Å²) < 4.78 is 5.94. The maximum Gasteiger partial charge on any atom is 0.306 e. The van der Waals surface area contributed by atoms with Gasteiger partial charge in [-0.1, -0.05) is 23.7 Å². The molecule has 0 saturated heterocycles. The van der Waals surface area contributed by atoms with E-state index in [0.717, 1.165) is 10.8 Å². The number of carbonyl (C=O) groups excluding carboxylic acids is 2. The van der Waals surface area contributed by atoms with Crippen LogP contribution in [-0.2, 0) is 4.79 Å². The van der Waals surface area contributed by atoms with Crippen molar-refractivity contribution in [2.24, 2.45) is 5.92 Å². The summed E-state index contributed by atoms with van der Waals surface area (Å²) in [6.45, 7) is 0.577. The number of ether oxygens (including phenoxy) is 1. The standard InChI is InChI=1S/C27H27ClN2O5/c28-22-8-3-17-1-2-20(15-21(17)16-22)26(32)30-14-13-29-25(31)18-4-9-23(10-5-18)35-24-11-6-19(7-12-24)27(33)34/h1-5,8-10,15-16,19,24H,6-7,11-14H2,(H,29,31)(H,30,32)(H,33,34)/t19-,24+. The Morgan fingerprint density at radius 1 is 0.800 bits per heavy atom. The van der Waals surface area contributed by atoms with Gasteiger partial charge in [0.15, 0.2) is 0 Å². The molecule has 1 aliphatic rings. The molecule has 0 spiro atoms. The first-order valence-corrected chi connectivity index (χ1v) is 12.0. The summed E-state index contributed by atoms with van der Waals surface area (Å²) in [5, 5.41) is 17.2. The molecule has 3 N–H and O–H groups in total. The second-order valence-electron chi connectivity index (χ2n) is 8.67. The molecule has 1 fully saturated rings. The number of carboxylic acid groups (broad SMARTS) is 1. The first-order valence-electron chi connectivity index (χ1n) is 11.6. The third-order valence-corrected chi connectivity index (χ3v) is 6.44. The minimum absolute atomic E-state index is 0.00604. The van der Waals surface area contributed by atoms with E-state index in [1.54, 1.807) is 36.4 Å². The van der Waals surface area contributed by atoms with Crippen LogP contribution in [-0.4, -0.2) is 42.1 Å². The van der Waals surface area contributed by atoms with Gasteiger partial charge in [-0.15, -0.1) is 0 Å². The Bertz CT molecular complexity index is 1220. The van der Waals surface area contributed by atoms with Crippen LogP contribution in [0.15, 0.2) is 60.7 Å². The van der Waals surface area contributed by atoms with Crippen molar-refractivity contribution < 1.29 is 24.2 Å². The molecule has 8 heteroatoms. The van der Waals surface area contributed by atoms with Crippen LogP contribution in [0.5, 0.6) is 5.75 Å². The van der Waals surface area contributed by atoms with Crippen molar-refractivity contribution >= 4 is 40.2 Å². The highest BCUT2D eigenvalue weighted by Crippen LogP contribution is 2.28. The highest BCUT2D eigenvalue weighted by molar-refractivity contribution is 6.31. The predicted octanol–water partition coefficient (Wildman–Crippen LogP) is 4.68. The number of fused-ring (bicyclic) bond motifs is 1. The molecule has 0 aromatic heterocycles. The molecule has 0 heterocycles. The van der Waals surface area contributed by atoms with E-state index in [1.165, 1.54) is 0 Å². The number of rotatable bonds is 8. The number of carbonyl (C=O) groups is 3. The molecule has 0 radical (unpaired) electrons. The third kappa shape index (κ3) is 6.51. The number of carboxylic acids is 1. The molecule has 2 amide bonds. The van der Waals surface area contributed by atoms with E-state index in [4.69, 9.17) is 21.4 Å². The zero-order valence-electron chi connectivity index (χ0n) is 19.1. The van der Waals surface area contributed by atoms with E-state index in [2.05, 4.69) is 10.6 Å². The molecule has 182 valence electrons. The van der Waals surface area contributed by atoms with Crippen LogP contribution in [0.1, 0.15) is 46.4 Å². The molecular weight excluding hydrogens is 468 g/mol. The fourth-order valence-electron chi connectivity index (χ4n) is 4.22. The summed E-state index contributed by atoms with van der Waals surface area (Å²) in [5.41, 5.74) is 1.02. The Morgan fingerprint density at radius 2 is 1.40 bits per heavy atom. The SMILES string of the molecule is O=C(NCCNC(=O)c1ccc2ccc(Cl)cc2c1)c1ccc(O[C@H]2CC[C@@H](C(=O)O)CC2)cc1. The van der Waals surface area contributed by atoms with E-state index in [1.807, 2.05) is 24.3 Å². The molecule has 35 heavy (non-hydrogen) atoms. The summed E-state index contributed by atoms with van der Waals surface area (Å²) in [6, 6.07) is 17.8. The topological polar surface area (TPSA) is 105 Å². The zero-order valence-corrected chi connectivity index (χ0v) is 19.9. The Balaban J connectivity index is 1.20. The predicted molar refractivity (Wildman–Crippen MR) is 134 cm³/mol. The van der Waals surface area contributed by atoms with E-state index in [9.17, 15) is 14.4 Å². The highest BCUT2D eigenvalue weighted by atomic mass is 35.5. The van der Waals surface area contributed by atoms with Gasteiger partial charge in [0.1, 0.15) is 5.75 Å². The quantitative estimate of drug-likeness (QED) is 0.394. The molecule has 0 bridgehead atoms. The molecule has 0 atom stereocenters. The number of aliphatic carboxylic acids is 1. The molecule has 7 nitrogen and oxygen atoms in total. The maximum atomic E-state index is 12.4. The van der Waals surface area contributed by atoms with Crippen molar-refractivity contribution in [3.8, 4) is 5.75 Å². The number of nitrogens with one attached hydrogen (secondary N) is 2. The molecule has 1 aliphatic carbocycles. The van der Waals surface area contributed by atoms with Gasteiger partial charge in [0, 0.05) is 29.2 Å². The Morgan fingerprint density at radius 3 is 2.06 bits per heavy atom. The second-order valence-corrected chi connectivity index (χ2v) is 9.11. The van der Waals surface area contributed by atoms with Gasteiger partial charge in [-0.3, -0.25) is 14.4 Å². The van der Waals surface area contributed by atoms with Crippen molar-refractivity contribution in [3.05, 3.63) is 76.8 Å². The lowest BCUT2D eigenvalue weighted by Crippen LogP contribution is -2.34. The number of hydrogen-bond donors (Lipinski definition) is 3. The van der Waals surface area contributed by atoms with Gasteiger partial charge in [-0.25, -0.2) is 0 Å². The number of hydrogen-bond acceptors (Lipinski definition) is 4. The summed E-state index contributed by atoms with van der Waals surface area (Å²) in [4.78, 5) is 35.9. The highest BCUT2D eigenvalue weighted by Gasteiger charge is 2.26. The molecule has 3 aromatic carbocycles. The molecule has 3 aromatic rings. The van der Waals surface area contributed by atoms with E-state index in [0.29, 0.717) is 54.1 Å². The first-order chi connectivity index (χ1) is 16.9. The van der Waals surface area contributed by atoms with Crippen LogP contribution in [0.25, 0.3) is 10.8 Å². The lowest BCUT2D eigenvalue weighted by molar-refractivity contribution is -0.143. The first kappa shape index (κ1) is 24.5. The van der Waals surface area contributed by atoms with Crippen molar-refractivity contribution in [3.63, 3.8) is 0 Å². The van der Waals surface area contributed by atoms with Gasteiger partial charge in [-0.2, -0.15) is 0 Å². The van der Waals surface area contributed by atoms with Crippen molar-refractivity contribution in [2.75, 3.05) is 13.1 Å². The molecule has 4 rings (SSSR count). The minimum Gasteiger partial charge on any atom is -0.490 e. The van der Waals surface area contributed by atoms with Crippen LogP contribution in [0.3, 0.4) is 0 Å². The van der Waals surface area contributed by atoms with Crippen LogP contribution in [0.4, 0.5) is 0 Å². The monoisotopic (exact) mass is 494 g/mol. The Hall–Kier alpha value is -3.58. The normalized spacial score (nSPS) is 17.5. The second kappa shape index (κ2) is 11.2. The summed E-state index contributed by atoms with van der Waals surface area (Å²) in [7, 11) is 0. The Labute approximate surface area is 208 Å². The van der Waals surface area contributed by atoms with Gasteiger partial charge >= 0.3 is 5.97 Å². The number of halogens is 1. The van der Waals surface area contributed by atoms with Crippen LogP contribution < -0.4 is 15.4 Å². The minimum atomic E-state index is -0.738. The van der Waals surface area contributed by atoms with E-state index in [-0.39, 0.29) is 30.4 Å². The van der Waals surface area contributed by atoms with Crippen LogP contribution in [0, 0.1) is 5.92 Å².